The number of hydrogen-bond donors (Lipinski definition) is 1. The molecule has 1 aromatic heterocycles. The Bertz CT molecular complexity index is 546. The maximum atomic E-state index is 11.6. The molecule has 2 nitrogen and oxygen atoms in total. The molecule has 19 heavy (non-hydrogen) atoms. The van der Waals surface area contributed by atoms with Crippen LogP contribution in [0.25, 0.3) is 6.08 Å². The minimum Gasteiger partial charge on any atom is -0.352 e. The molecule has 1 N–H and O–H groups in total. The maximum absolute atomic E-state index is 11.6. The van der Waals surface area contributed by atoms with E-state index >= 15 is 0 Å². The van der Waals surface area contributed by atoms with Crippen LogP contribution in [0.3, 0.4) is 0 Å². The Morgan fingerprint density at radius 2 is 2.05 bits per heavy atom. The Kier molecular flexibility index (Phi) is 5.19. The van der Waals surface area contributed by atoms with Crippen molar-refractivity contribution in [2.24, 2.45) is 0 Å². The third kappa shape index (κ3) is 4.89. The number of rotatable bonds is 5. The quantitative estimate of drug-likeness (QED) is 0.835. The fourth-order valence-corrected chi connectivity index (χ4v) is 2.33. The lowest BCUT2D eigenvalue weighted by molar-refractivity contribution is -0.116. The van der Waals surface area contributed by atoms with Crippen LogP contribution in [0.15, 0.2) is 47.9 Å². The molecular weight excluding hydrogens is 278 g/mol. The second-order valence-corrected chi connectivity index (χ2v) is 5.43. The van der Waals surface area contributed by atoms with Crippen LogP contribution in [0.1, 0.15) is 10.4 Å². The summed E-state index contributed by atoms with van der Waals surface area (Å²) in [5.41, 5.74) is 1.16. The van der Waals surface area contributed by atoms with E-state index in [1.165, 1.54) is 0 Å². The largest absolute Gasteiger partial charge is 0.352 e. The van der Waals surface area contributed by atoms with Gasteiger partial charge in [0.05, 0.1) is 0 Å². The molecule has 98 valence electrons. The van der Waals surface area contributed by atoms with Crippen molar-refractivity contribution in [3.8, 4) is 0 Å². The van der Waals surface area contributed by atoms with Crippen molar-refractivity contribution in [3.63, 3.8) is 0 Å². The smallest absolute Gasteiger partial charge is 0.244 e. The highest BCUT2D eigenvalue weighted by atomic mass is 35.5. The predicted octanol–water partition coefficient (Wildman–Crippen LogP) is 3.77. The zero-order valence-corrected chi connectivity index (χ0v) is 11.9. The van der Waals surface area contributed by atoms with Gasteiger partial charge in [0.2, 0.25) is 5.91 Å². The maximum Gasteiger partial charge on any atom is 0.244 e. The van der Waals surface area contributed by atoms with Crippen molar-refractivity contribution in [1.82, 2.24) is 5.32 Å². The number of nitrogens with one attached hydrogen (secondary N) is 1. The van der Waals surface area contributed by atoms with E-state index in [1.54, 1.807) is 17.4 Å². The van der Waals surface area contributed by atoms with E-state index in [1.807, 2.05) is 47.9 Å². The lowest BCUT2D eigenvalue weighted by Crippen LogP contribution is -2.23. The van der Waals surface area contributed by atoms with Gasteiger partial charge in [0.15, 0.2) is 0 Å². The van der Waals surface area contributed by atoms with Gasteiger partial charge >= 0.3 is 0 Å². The van der Waals surface area contributed by atoms with Crippen molar-refractivity contribution >= 4 is 34.9 Å². The number of carbonyl (C=O) groups is 1. The molecule has 1 heterocycles. The van der Waals surface area contributed by atoms with Gasteiger partial charge in [-0.1, -0.05) is 29.8 Å². The predicted molar refractivity (Wildman–Crippen MR) is 81.5 cm³/mol. The molecule has 4 heteroatoms. The number of halogens is 1. The van der Waals surface area contributed by atoms with Gasteiger partial charge in [0.1, 0.15) is 0 Å². The number of thiophene rings is 1. The van der Waals surface area contributed by atoms with Crippen LogP contribution in [0.4, 0.5) is 0 Å². The molecule has 0 atom stereocenters. The van der Waals surface area contributed by atoms with Gasteiger partial charge in [-0.2, -0.15) is 0 Å². The van der Waals surface area contributed by atoms with Gasteiger partial charge < -0.3 is 5.32 Å². The summed E-state index contributed by atoms with van der Waals surface area (Å²) >= 11 is 7.42. The average molecular weight is 292 g/mol. The van der Waals surface area contributed by atoms with Gasteiger partial charge in [-0.15, -0.1) is 11.3 Å². The number of amides is 1. The lowest BCUT2D eigenvalue weighted by Gasteiger charge is -2.02. The van der Waals surface area contributed by atoms with Crippen LogP contribution in [-0.4, -0.2) is 12.5 Å². The molecule has 0 spiro atoms. The molecule has 0 aliphatic carbocycles. The first-order valence-electron chi connectivity index (χ1n) is 5.98. The van der Waals surface area contributed by atoms with E-state index in [0.717, 1.165) is 21.9 Å². The van der Waals surface area contributed by atoms with Crippen LogP contribution < -0.4 is 5.32 Å². The Hall–Kier alpha value is -1.58. The Morgan fingerprint density at radius 3 is 2.74 bits per heavy atom. The van der Waals surface area contributed by atoms with Crippen LogP contribution in [0.5, 0.6) is 0 Å². The third-order valence-electron chi connectivity index (χ3n) is 2.57. The first kappa shape index (κ1) is 13.8. The fraction of sp³-hybridized carbons (Fsp3) is 0.133. The summed E-state index contributed by atoms with van der Waals surface area (Å²) in [5, 5.41) is 5.57. The van der Waals surface area contributed by atoms with Gasteiger partial charge in [-0.3, -0.25) is 4.79 Å². The molecule has 0 bridgehead atoms. The first-order chi connectivity index (χ1) is 9.24. The highest BCUT2D eigenvalue weighted by Crippen LogP contribution is 2.10. The monoisotopic (exact) mass is 291 g/mol. The highest BCUT2D eigenvalue weighted by molar-refractivity contribution is 7.10. The van der Waals surface area contributed by atoms with Gasteiger partial charge in [-0.25, -0.2) is 0 Å². The van der Waals surface area contributed by atoms with E-state index in [2.05, 4.69) is 5.32 Å². The second-order valence-electron chi connectivity index (χ2n) is 4.02. The molecule has 1 aromatic carbocycles. The average Bonchev–Trinajstić information content (AvgIpc) is 2.92. The summed E-state index contributed by atoms with van der Waals surface area (Å²) in [5.74, 6) is -0.0673. The van der Waals surface area contributed by atoms with E-state index in [4.69, 9.17) is 11.6 Å². The summed E-state index contributed by atoms with van der Waals surface area (Å²) in [7, 11) is 0. The van der Waals surface area contributed by atoms with Crippen molar-refractivity contribution in [1.29, 1.82) is 0 Å². The van der Waals surface area contributed by atoms with Gasteiger partial charge in [0, 0.05) is 22.5 Å². The van der Waals surface area contributed by atoms with Crippen molar-refractivity contribution in [2.75, 3.05) is 6.54 Å². The normalized spacial score (nSPS) is 10.8. The van der Waals surface area contributed by atoms with Gasteiger partial charge in [-0.05, 0) is 41.6 Å². The molecule has 0 saturated heterocycles. The summed E-state index contributed by atoms with van der Waals surface area (Å²) in [6.45, 7) is 0.620. The minimum atomic E-state index is -0.0673. The molecule has 1 amide bonds. The molecule has 0 radical (unpaired) electrons. The van der Waals surface area contributed by atoms with E-state index in [-0.39, 0.29) is 5.91 Å². The SMILES string of the molecule is O=C(/C=C/c1cccs1)NCCc1ccc(Cl)cc1. The molecule has 0 aliphatic rings. The fourth-order valence-electron chi connectivity index (χ4n) is 1.58. The molecular formula is C15H14ClNOS. The van der Waals surface area contributed by atoms with E-state index in [9.17, 15) is 4.79 Å². The van der Waals surface area contributed by atoms with Crippen LogP contribution in [0.2, 0.25) is 5.02 Å². The Morgan fingerprint density at radius 1 is 1.26 bits per heavy atom. The van der Waals surface area contributed by atoms with Gasteiger partial charge in [0.25, 0.3) is 0 Å². The van der Waals surface area contributed by atoms with Crippen LogP contribution in [-0.2, 0) is 11.2 Å². The molecule has 0 saturated carbocycles. The Labute approximate surface area is 121 Å². The second kappa shape index (κ2) is 7.12. The van der Waals surface area contributed by atoms with Crippen LogP contribution >= 0.6 is 22.9 Å². The summed E-state index contributed by atoms with van der Waals surface area (Å²) in [6, 6.07) is 11.6. The number of hydrogen-bond acceptors (Lipinski definition) is 2. The molecule has 0 fully saturated rings. The molecule has 2 rings (SSSR count). The minimum absolute atomic E-state index is 0.0673. The molecule has 0 aliphatic heterocycles. The van der Waals surface area contributed by atoms with Crippen LogP contribution in [0, 0.1) is 0 Å². The topological polar surface area (TPSA) is 29.1 Å². The first-order valence-corrected chi connectivity index (χ1v) is 7.24. The number of carbonyl (C=O) groups excluding carboxylic acids is 1. The standard InChI is InChI=1S/C15H14ClNOS/c16-13-5-3-12(4-6-13)9-10-17-15(18)8-7-14-2-1-11-19-14/h1-8,11H,9-10H2,(H,17,18)/b8-7+. The molecule has 2 aromatic rings. The summed E-state index contributed by atoms with van der Waals surface area (Å²) in [4.78, 5) is 12.6. The van der Waals surface area contributed by atoms with Crippen molar-refractivity contribution in [2.45, 2.75) is 6.42 Å². The van der Waals surface area contributed by atoms with E-state index < -0.39 is 0 Å². The zero-order chi connectivity index (χ0) is 13.5. The van der Waals surface area contributed by atoms with E-state index in [0.29, 0.717) is 6.54 Å². The molecule has 0 unspecified atom stereocenters. The third-order valence-corrected chi connectivity index (χ3v) is 3.66. The van der Waals surface area contributed by atoms with Crippen molar-refractivity contribution in [3.05, 3.63) is 63.3 Å². The Balaban J connectivity index is 1.73. The van der Waals surface area contributed by atoms with Crippen molar-refractivity contribution < 1.29 is 4.79 Å². The summed E-state index contributed by atoms with van der Waals surface area (Å²) < 4.78 is 0. The number of benzene rings is 1. The lowest BCUT2D eigenvalue weighted by atomic mass is 10.1. The highest BCUT2D eigenvalue weighted by Gasteiger charge is 1.97. The summed E-state index contributed by atoms with van der Waals surface area (Å²) in [6.07, 6.45) is 4.19. The zero-order valence-electron chi connectivity index (χ0n) is 10.3.